The van der Waals surface area contributed by atoms with Crippen LogP contribution in [0.4, 0.5) is 4.79 Å². The predicted molar refractivity (Wildman–Crippen MR) is 61.4 cm³/mol. The van der Waals surface area contributed by atoms with E-state index in [1.807, 2.05) is 0 Å². The van der Waals surface area contributed by atoms with Crippen LogP contribution >= 0.6 is 0 Å². The van der Waals surface area contributed by atoms with Crippen LogP contribution in [0.25, 0.3) is 0 Å². The first-order valence-electron chi connectivity index (χ1n) is 5.95. The number of ether oxygens (including phenoxy) is 2. The maximum absolute atomic E-state index is 11.0. The van der Waals surface area contributed by atoms with Gasteiger partial charge in [-0.25, -0.2) is 4.79 Å². The molecular formula is C11H22N2O3. The molecule has 1 aliphatic heterocycles. The molecule has 5 nitrogen and oxygen atoms in total. The molecule has 1 aliphatic rings. The van der Waals surface area contributed by atoms with Crippen LogP contribution in [-0.2, 0) is 9.47 Å². The van der Waals surface area contributed by atoms with Crippen LogP contribution in [0.15, 0.2) is 0 Å². The lowest BCUT2D eigenvalue weighted by Crippen LogP contribution is -2.39. The van der Waals surface area contributed by atoms with Crippen LogP contribution in [0.2, 0.25) is 0 Å². The van der Waals surface area contributed by atoms with Crippen LogP contribution in [0.1, 0.15) is 20.3 Å². The van der Waals surface area contributed by atoms with Crippen LogP contribution in [0.3, 0.4) is 0 Å². The number of carbonyl (C=O) groups is 1. The van der Waals surface area contributed by atoms with Crippen molar-refractivity contribution in [2.75, 3.05) is 32.9 Å². The number of amides is 1. The van der Waals surface area contributed by atoms with Gasteiger partial charge in [-0.05, 0) is 26.2 Å². The van der Waals surface area contributed by atoms with Crippen molar-refractivity contribution in [3.63, 3.8) is 0 Å². The molecule has 0 saturated carbocycles. The number of nitrogens with one attached hydrogen (secondary N) is 2. The summed E-state index contributed by atoms with van der Waals surface area (Å²) in [4.78, 5) is 11.0. The van der Waals surface area contributed by atoms with E-state index in [4.69, 9.17) is 9.47 Å². The van der Waals surface area contributed by atoms with Gasteiger partial charge < -0.3 is 20.1 Å². The Hall–Kier alpha value is -0.810. The van der Waals surface area contributed by atoms with E-state index in [0.29, 0.717) is 25.1 Å². The van der Waals surface area contributed by atoms with Gasteiger partial charge in [0.2, 0.25) is 0 Å². The molecular weight excluding hydrogens is 208 g/mol. The van der Waals surface area contributed by atoms with E-state index < -0.39 is 0 Å². The monoisotopic (exact) mass is 230 g/mol. The van der Waals surface area contributed by atoms with Gasteiger partial charge in [-0.2, -0.15) is 0 Å². The first-order valence-corrected chi connectivity index (χ1v) is 5.95. The van der Waals surface area contributed by atoms with Gasteiger partial charge in [0.15, 0.2) is 0 Å². The van der Waals surface area contributed by atoms with E-state index in [0.717, 1.165) is 26.2 Å². The second kappa shape index (κ2) is 7.46. The zero-order valence-corrected chi connectivity index (χ0v) is 10.1. The zero-order chi connectivity index (χ0) is 11.8. The summed E-state index contributed by atoms with van der Waals surface area (Å²) < 4.78 is 10.1. The lowest BCUT2D eigenvalue weighted by molar-refractivity contribution is 0.152. The highest BCUT2D eigenvalue weighted by Crippen LogP contribution is 2.15. The number of carbonyl (C=O) groups excluding carboxylic acids is 1. The van der Waals surface area contributed by atoms with E-state index in [9.17, 15) is 4.79 Å². The van der Waals surface area contributed by atoms with Gasteiger partial charge in [-0.1, -0.05) is 0 Å². The molecule has 1 rings (SSSR count). The van der Waals surface area contributed by atoms with Gasteiger partial charge in [-0.3, -0.25) is 0 Å². The molecule has 94 valence electrons. The highest BCUT2D eigenvalue weighted by molar-refractivity contribution is 5.66. The summed E-state index contributed by atoms with van der Waals surface area (Å²) in [6, 6.07) is 0.437. The average Bonchev–Trinajstić information content (AvgIpc) is 2.78. The Morgan fingerprint density at radius 2 is 2.38 bits per heavy atom. The highest BCUT2D eigenvalue weighted by atomic mass is 16.5. The van der Waals surface area contributed by atoms with Gasteiger partial charge in [-0.15, -0.1) is 0 Å². The molecule has 2 unspecified atom stereocenters. The average molecular weight is 230 g/mol. The zero-order valence-electron chi connectivity index (χ0n) is 10.1. The van der Waals surface area contributed by atoms with Crippen molar-refractivity contribution in [1.82, 2.24) is 10.6 Å². The summed E-state index contributed by atoms with van der Waals surface area (Å²) in [6.45, 7) is 7.43. The summed E-state index contributed by atoms with van der Waals surface area (Å²) in [5.41, 5.74) is 0. The molecule has 0 bridgehead atoms. The fraction of sp³-hybridized carbons (Fsp3) is 0.909. The molecule has 0 aromatic heterocycles. The Balaban J connectivity index is 1.99. The van der Waals surface area contributed by atoms with Gasteiger partial charge in [0, 0.05) is 25.7 Å². The van der Waals surface area contributed by atoms with Crippen molar-refractivity contribution in [2.45, 2.75) is 26.3 Å². The van der Waals surface area contributed by atoms with Crippen LogP contribution in [0, 0.1) is 5.92 Å². The first kappa shape index (κ1) is 13.3. The van der Waals surface area contributed by atoms with Crippen molar-refractivity contribution >= 4 is 6.09 Å². The number of hydrogen-bond acceptors (Lipinski definition) is 4. The van der Waals surface area contributed by atoms with Gasteiger partial charge in [0.05, 0.1) is 13.2 Å². The SMILES string of the molecule is CCOC(=O)NCCNC(C)C1CCOC1. The first-order chi connectivity index (χ1) is 7.74. The van der Waals surface area contributed by atoms with E-state index in [-0.39, 0.29) is 6.09 Å². The Labute approximate surface area is 96.9 Å². The summed E-state index contributed by atoms with van der Waals surface area (Å²) in [7, 11) is 0. The third-order valence-corrected chi connectivity index (χ3v) is 2.81. The van der Waals surface area contributed by atoms with Crippen molar-refractivity contribution in [3.8, 4) is 0 Å². The van der Waals surface area contributed by atoms with Crippen molar-refractivity contribution < 1.29 is 14.3 Å². The molecule has 0 spiro atoms. The molecule has 0 radical (unpaired) electrons. The summed E-state index contributed by atoms with van der Waals surface area (Å²) >= 11 is 0. The van der Waals surface area contributed by atoms with Crippen molar-refractivity contribution in [2.24, 2.45) is 5.92 Å². The molecule has 0 aromatic carbocycles. The fourth-order valence-corrected chi connectivity index (χ4v) is 1.76. The van der Waals surface area contributed by atoms with E-state index in [1.165, 1.54) is 0 Å². The number of alkyl carbamates (subject to hydrolysis) is 1. The third-order valence-electron chi connectivity index (χ3n) is 2.81. The molecule has 2 atom stereocenters. The van der Waals surface area contributed by atoms with Gasteiger partial charge in [0.1, 0.15) is 0 Å². The summed E-state index contributed by atoms with van der Waals surface area (Å²) in [5, 5.41) is 6.05. The van der Waals surface area contributed by atoms with Crippen LogP contribution in [-0.4, -0.2) is 45.0 Å². The Bertz CT molecular complexity index is 205. The third kappa shape index (κ3) is 4.81. The second-order valence-corrected chi connectivity index (χ2v) is 4.01. The Kier molecular flexibility index (Phi) is 6.18. The lowest BCUT2D eigenvalue weighted by atomic mass is 10.0. The normalized spacial score (nSPS) is 21.8. The summed E-state index contributed by atoms with van der Waals surface area (Å²) in [5.74, 6) is 0.600. The fourth-order valence-electron chi connectivity index (χ4n) is 1.76. The van der Waals surface area contributed by atoms with Crippen molar-refractivity contribution in [3.05, 3.63) is 0 Å². The second-order valence-electron chi connectivity index (χ2n) is 4.01. The largest absolute Gasteiger partial charge is 0.450 e. The molecule has 5 heteroatoms. The minimum absolute atomic E-state index is 0.346. The Morgan fingerprint density at radius 1 is 1.56 bits per heavy atom. The van der Waals surface area contributed by atoms with Crippen LogP contribution < -0.4 is 10.6 Å². The minimum atomic E-state index is -0.346. The lowest BCUT2D eigenvalue weighted by Gasteiger charge is -2.19. The Morgan fingerprint density at radius 3 is 3.00 bits per heavy atom. The summed E-state index contributed by atoms with van der Waals surface area (Å²) in [6.07, 6.45) is 0.778. The molecule has 16 heavy (non-hydrogen) atoms. The number of hydrogen-bond donors (Lipinski definition) is 2. The molecule has 2 N–H and O–H groups in total. The van der Waals surface area contributed by atoms with Gasteiger partial charge >= 0.3 is 6.09 Å². The van der Waals surface area contributed by atoms with Crippen LogP contribution in [0.5, 0.6) is 0 Å². The van der Waals surface area contributed by atoms with E-state index in [2.05, 4.69) is 17.6 Å². The molecule has 1 amide bonds. The standard InChI is InChI=1S/C11H22N2O3/c1-3-16-11(14)13-6-5-12-9(2)10-4-7-15-8-10/h9-10,12H,3-8H2,1-2H3,(H,13,14). The highest BCUT2D eigenvalue weighted by Gasteiger charge is 2.21. The molecule has 1 heterocycles. The minimum Gasteiger partial charge on any atom is -0.450 e. The maximum Gasteiger partial charge on any atom is 0.407 e. The maximum atomic E-state index is 11.0. The molecule has 0 aromatic rings. The molecule has 1 fully saturated rings. The quantitative estimate of drug-likeness (QED) is 0.661. The van der Waals surface area contributed by atoms with E-state index >= 15 is 0 Å². The number of rotatable bonds is 6. The molecule has 0 aliphatic carbocycles. The predicted octanol–water partition coefficient (Wildman–Crippen LogP) is 0.747. The molecule has 1 saturated heterocycles. The topological polar surface area (TPSA) is 59.6 Å². The van der Waals surface area contributed by atoms with Gasteiger partial charge in [0.25, 0.3) is 0 Å². The van der Waals surface area contributed by atoms with Crippen molar-refractivity contribution in [1.29, 1.82) is 0 Å². The smallest absolute Gasteiger partial charge is 0.407 e. The van der Waals surface area contributed by atoms with E-state index in [1.54, 1.807) is 6.92 Å².